The zero-order chi connectivity index (χ0) is 13.8. The van der Waals surface area contributed by atoms with Gasteiger partial charge < -0.3 is 5.73 Å². The van der Waals surface area contributed by atoms with E-state index in [1.807, 2.05) is 6.92 Å². The van der Waals surface area contributed by atoms with Crippen molar-refractivity contribution in [3.63, 3.8) is 0 Å². The van der Waals surface area contributed by atoms with Crippen LogP contribution in [0.25, 0.3) is 0 Å². The summed E-state index contributed by atoms with van der Waals surface area (Å²) in [5, 5.41) is 0. The number of nitrogens with two attached hydrogens (primary N) is 1. The van der Waals surface area contributed by atoms with E-state index in [1.54, 1.807) is 13.0 Å². The van der Waals surface area contributed by atoms with Crippen molar-refractivity contribution in [2.75, 3.05) is 6.54 Å². The minimum absolute atomic E-state index is 0.115. The Hall–Kier alpha value is -0.980. The van der Waals surface area contributed by atoms with Crippen LogP contribution in [0.1, 0.15) is 25.3 Å². The second kappa shape index (κ2) is 6.26. The number of nitrogens with one attached hydrogen (secondary N) is 1. The van der Waals surface area contributed by atoms with Gasteiger partial charge in [0.15, 0.2) is 0 Å². The fourth-order valence-electron chi connectivity index (χ4n) is 1.59. The van der Waals surface area contributed by atoms with Crippen LogP contribution in [-0.4, -0.2) is 21.0 Å². The lowest BCUT2D eigenvalue weighted by atomic mass is 10.2. The van der Waals surface area contributed by atoms with E-state index in [2.05, 4.69) is 4.72 Å². The molecular formula is C12H19FN2O2S. The molecular weight excluding hydrogens is 255 g/mol. The van der Waals surface area contributed by atoms with E-state index < -0.39 is 15.8 Å². The predicted octanol–water partition coefficient (Wildman–Crippen LogP) is 1.54. The van der Waals surface area contributed by atoms with Crippen LogP contribution < -0.4 is 10.5 Å². The summed E-state index contributed by atoms with van der Waals surface area (Å²) in [6.07, 6.45) is 1.60. The molecule has 1 rings (SSSR count). The summed E-state index contributed by atoms with van der Waals surface area (Å²) in [5.41, 5.74) is 6.39. The van der Waals surface area contributed by atoms with E-state index in [0.29, 0.717) is 5.56 Å². The molecule has 0 aliphatic rings. The largest absolute Gasteiger partial charge is 0.327 e. The summed E-state index contributed by atoms with van der Waals surface area (Å²) in [6.45, 7) is 3.78. The highest BCUT2D eigenvalue weighted by molar-refractivity contribution is 7.89. The number of hydrogen-bond donors (Lipinski definition) is 2. The summed E-state index contributed by atoms with van der Waals surface area (Å²) in [5.74, 6) is -0.744. The number of sulfonamides is 1. The molecule has 0 bridgehead atoms. The normalized spacial score (nSPS) is 13.6. The van der Waals surface area contributed by atoms with Gasteiger partial charge in [0, 0.05) is 12.6 Å². The molecule has 0 spiro atoms. The van der Waals surface area contributed by atoms with Crippen LogP contribution in [-0.2, 0) is 10.0 Å². The molecule has 18 heavy (non-hydrogen) atoms. The second-order valence-corrected chi connectivity index (χ2v) is 6.07. The highest BCUT2D eigenvalue weighted by Crippen LogP contribution is 2.15. The highest BCUT2D eigenvalue weighted by atomic mass is 32.2. The van der Waals surface area contributed by atoms with Crippen molar-refractivity contribution in [1.29, 1.82) is 0 Å². The topological polar surface area (TPSA) is 72.2 Å². The van der Waals surface area contributed by atoms with Crippen molar-refractivity contribution < 1.29 is 12.8 Å². The van der Waals surface area contributed by atoms with Gasteiger partial charge in [0.05, 0.1) is 0 Å². The van der Waals surface area contributed by atoms with Crippen molar-refractivity contribution >= 4 is 10.0 Å². The summed E-state index contributed by atoms with van der Waals surface area (Å²) in [7, 11) is -3.83. The lowest BCUT2D eigenvalue weighted by molar-refractivity contribution is 0.539. The van der Waals surface area contributed by atoms with Crippen molar-refractivity contribution in [3.8, 4) is 0 Å². The minimum atomic E-state index is -3.83. The van der Waals surface area contributed by atoms with Gasteiger partial charge in [-0.15, -0.1) is 0 Å². The van der Waals surface area contributed by atoms with Crippen LogP contribution in [0.3, 0.4) is 0 Å². The average Bonchev–Trinajstić information content (AvgIpc) is 2.26. The average molecular weight is 274 g/mol. The van der Waals surface area contributed by atoms with Crippen LogP contribution in [0.4, 0.5) is 4.39 Å². The molecule has 0 amide bonds. The molecule has 0 aromatic heterocycles. The van der Waals surface area contributed by atoms with Crippen LogP contribution >= 0.6 is 0 Å². The van der Waals surface area contributed by atoms with E-state index in [4.69, 9.17) is 5.73 Å². The molecule has 0 saturated carbocycles. The van der Waals surface area contributed by atoms with E-state index in [0.717, 1.165) is 12.8 Å². The molecule has 0 saturated heterocycles. The molecule has 0 fully saturated rings. The van der Waals surface area contributed by atoms with E-state index in [1.165, 1.54) is 12.1 Å². The van der Waals surface area contributed by atoms with Gasteiger partial charge >= 0.3 is 0 Å². The molecule has 0 aliphatic heterocycles. The Labute approximate surface area is 107 Å². The Morgan fingerprint density at radius 2 is 2.11 bits per heavy atom. The molecule has 1 aromatic rings. The highest BCUT2D eigenvalue weighted by Gasteiger charge is 2.19. The lowest BCUT2D eigenvalue weighted by Crippen LogP contribution is -2.37. The molecule has 4 nitrogen and oxygen atoms in total. The molecule has 3 N–H and O–H groups in total. The molecule has 1 aromatic carbocycles. The molecule has 1 atom stereocenters. The number of benzene rings is 1. The van der Waals surface area contributed by atoms with Crippen LogP contribution in [0.5, 0.6) is 0 Å². The van der Waals surface area contributed by atoms with Crippen molar-refractivity contribution in [2.45, 2.75) is 37.6 Å². The number of halogens is 1. The Kier molecular flexibility index (Phi) is 5.25. The van der Waals surface area contributed by atoms with Gasteiger partial charge in [0.2, 0.25) is 10.0 Å². The Morgan fingerprint density at radius 3 is 2.67 bits per heavy atom. The van der Waals surface area contributed by atoms with Crippen LogP contribution in [0.2, 0.25) is 0 Å². The van der Waals surface area contributed by atoms with Gasteiger partial charge in [0.1, 0.15) is 10.7 Å². The van der Waals surface area contributed by atoms with Crippen LogP contribution in [0, 0.1) is 12.7 Å². The van der Waals surface area contributed by atoms with Gasteiger partial charge in [-0.2, -0.15) is 0 Å². The smallest absolute Gasteiger partial charge is 0.243 e. The first-order valence-electron chi connectivity index (χ1n) is 5.88. The van der Waals surface area contributed by atoms with E-state index >= 15 is 0 Å². The van der Waals surface area contributed by atoms with E-state index in [9.17, 15) is 12.8 Å². The maximum atomic E-state index is 13.6. The van der Waals surface area contributed by atoms with E-state index in [-0.39, 0.29) is 17.5 Å². The van der Waals surface area contributed by atoms with Gasteiger partial charge in [-0.1, -0.05) is 19.4 Å². The quantitative estimate of drug-likeness (QED) is 0.826. The van der Waals surface area contributed by atoms with Gasteiger partial charge in [0.25, 0.3) is 0 Å². The molecule has 0 radical (unpaired) electrons. The second-order valence-electron chi connectivity index (χ2n) is 4.33. The Morgan fingerprint density at radius 1 is 1.44 bits per heavy atom. The Bertz CT molecular complexity index is 503. The molecule has 102 valence electrons. The third-order valence-corrected chi connectivity index (χ3v) is 4.03. The van der Waals surface area contributed by atoms with Crippen LogP contribution in [0.15, 0.2) is 23.1 Å². The molecule has 0 aliphatic carbocycles. The number of rotatable bonds is 6. The monoisotopic (exact) mass is 274 g/mol. The molecule has 0 unspecified atom stereocenters. The third-order valence-electron chi connectivity index (χ3n) is 2.57. The standard InChI is InChI=1S/C12H19FN2O2S/c1-3-4-10(14)8-15-18(16,17)12-6-5-9(2)7-11(12)13/h5-7,10,15H,3-4,8,14H2,1-2H3/t10-/m0/s1. The van der Waals surface area contributed by atoms with Crippen molar-refractivity contribution in [3.05, 3.63) is 29.6 Å². The zero-order valence-corrected chi connectivity index (χ0v) is 11.4. The number of aryl methyl sites for hydroxylation is 1. The van der Waals surface area contributed by atoms with Gasteiger partial charge in [-0.25, -0.2) is 17.5 Å². The first kappa shape index (κ1) is 15.1. The first-order valence-corrected chi connectivity index (χ1v) is 7.36. The maximum absolute atomic E-state index is 13.6. The molecule has 6 heteroatoms. The van der Waals surface area contributed by atoms with Gasteiger partial charge in [-0.05, 0) is 31.0 Å². The SMILES string of the molecule is CCC[C@H](N)CNS(=O)(=O)c1ccc(C)cc1F. The fourth-order valence-corrected chi connectivity index (χ4v) is 2.74. The summed E-state index contributed by atoms with van der Waals surface area (Å²) in [6, 6.07) is 3.76. The van der Waals surface area contributed by atoms with Gasteiger partial charge in [-0.3, -0.25) is 0 Å². The van der Waals surface area contributed by atoms with Crippen molar-refractivity contribution in [2.24, 2.45) is 5.73 Å². The predicted molar refractivity (Wildman–Crippen MR) is 69.2 cm³/mol. The zero-order valence-electron chi connectivity index (χ0n) is 10.6. The first-order chi connectivity index (χ1) is 8.36. The third kappa shape index (κ3) is 4.04. The minimum Gasteiger partial charge on any atom is -0.327 e. The Balaban J connectivity index is 2.80. The summed E-state index contributed by atoms with van der Waals surface area (Å²) in [4.78, 5) is -0.336. The maximum Gasteiger partial charge on any atom is 0.243 e. The van der Waals surface area contributed by atoms with Crippen molar-refractivity contribution in [1.82, 2.24) is 4.72 Å². The number of hydrogen-bond acceptors (Lipinski definition) is 3. The molecule has 0 heterocycles. The fraction of sp³-hybridized carbons (Fsp3) is 0.500. The summed E-state index contributed by atoms with van der Waals surface area (Å²) >= 11 is 0. The summed E-state index contributed by atoms with van der Waals surface area (Å²) < 4.78 is 39.6. The lowest BCUT2D eigenvalue weighted by Gasteiger charge is -2.12.